The van der Waals surface area contributed by atoms with Crippen LogP contribution in [0.15, 0.2) is 18.2 Å². The van der Waals surface area contributed by atoms with E-state index in [1.807, 2.05) is 25.1 Å². The summed E-state index contributed by atoms with van der Waals surface area (Å²) < 4.78 is 0. The molecule has 0 aliphatic rings. The van der Waals surface area contributed by atoms with Gasteiger partial charge in [0.05, 0.1) is 6.10 Å². The highest BCUT2D eigenvalue weighted by Gasteiger charge is 2.00. The Balaban J connectivity index is 2.82. The van der Waals surface area contributed by atoms with Gasteiger partial charge in [0, 0.05) is 5.02 Å². The second-order valence-electron chi connectivity index (χ2n) is 3.14. The van der Waals surface area contributed by atoms with Crippen LogP contribution in [-0.4, -0.2) is 11.2 Å². The van der Waals surface area contributed by atoms with Gasteiger partial charge < -0.3 is 5.11 Å². The Kier molecular flexibility index (Phi) is 3.12. The van der Waals surface area contributed by atoms with Crippen LogP contribution in [0.3, 0.4) is 0 Å². The van der Waals surface area contributed by atoms with Gasteiger partial charge in [0.15, 0.2) is 0 Å². The van der Waals surface area contributed by atoms with Crippen LogP contribution in [0.4, 0.5) is 0 Å². The van der Waals surface area contributed by atoms with E-state index in [4.69, 9.17) is 16.7 Å². The smallest absolute Gasteiger partial charge is 0.0552 e. The van der Waals surface area contributed by atoms with Crippen molar-refractivity contribution in [2.24, 2.45) is 0 Å². The monoisotopic (exact) mass is 184 g/mol. The molecular formula is C10H13ClO. The minimum atomic E-state index is -0.287. The summed E-state index contributed by atoms with van der Waals surface area (Å²) in [4.78, 5) is 0. The third kappa shape index (κ3) is 2.50. The molecule has 0 aliphatic carbocycles. The Morgan fingerprint density at radius 1 is 1.50 bits per heavy atom. The summed E-state index contributed by atoms with van der Waals surface area (Å²) in [5.41, 5.74) is 2.20. The summed E-state index contributed by atoms with van der Waals surface area (Å²) in [7, 11) is 0. The van der Waals surface area contributed by atoms with Crippen molar-refractivity contribution in [1.29, 1.82) is 0 Å². The topological polar surface area (TPSA) is 20.2 Å². The first-order valence-corrected chi connectivity index (χ1v) is 4.40. The summed E-state index contributed by atoms with van der Waals surface area (Å²) in [6, 6.07) is 5.83. The van der Waals surface area contributed by atoms with E-state index in [0.717, 1.165) is 16.1 Å². The molecular weight excluding hydrogens is 172 g/mol. The molecule has 12 heavy (non-hydrogen) atoms. The first-order chi connectivity index (χ1) is 5.59. The van der Waals surface area contributed by atoms with Crippen LogP contribution in [0.5, 0.6) is 0 Å². The average molecular weight is 185 g/mol. The van der Waals surface area contributed by atoms with Crippen LogP contribution in [-0.2, 0) is 6.42 Å². The van der Waals surface area contributed by atoms with Crippen molar-refractivity contribution < 1.29 is 5.11 Å². The molecule has 1 atom stereocenters. The SMILES string of the molecule is Cc1cc(C[C@@H](C)O)ccc1Cl. The van der Waals surface area contributed by atoms with Crippen molar-refractivity contribution in [3.63, 3.8) is 0 Å². The Morgan fingerprint density at radius 3 is 2.67 bits per heavy atom. The second-order valence-corrected chi connectivity index (χ2v) is 3.54. The zero-order valence-corrected chi connectivity index (χ0v) is 8.10. The van der Waals surface area contributed by atoms with E-state index in [1.165, 1.54) is 0 Å². The third-order valence-corrected chi connectivity index (χ3v) is 2.18. The minimum absolute atomic E-state index is 0.287. The molecule has 0 radical (unpaired) electrons. The van der Waals surface area contributed by atoms with Gasteiger partial charge in [-0.2, -0.15) is 0 Å². The van der Waals surface area contributed by atoms with Crippen LogP contribution in [0.2, 0.25) is 5.02 Å². The van der Waals surface area contributed by atoms with E-state index in [-0.39, 0.29) is 6.10 Å². The van der Waals surface area contributed by atoms with Gasteiger partial charge in [0.25, 0.3) is 0 Å². The van der Waals surface area contributed by atoms with Gasteiger partial charge in [-0.15, -0.1) is 0 Å². The Labute approximate surface area is 78.0 Å². The van der Waals surface area contributed by atoms with Gasteiger partial charge in [-0.3, -0.25) is 0 Å². The van der Waals surface area contributed by atoms with Crippen LogP contribution in [0.1, 0.15) is 18.1 Å². The lowest BCUT2D eigenvalue weighted by Gasteiger charge is -2.05. The minimum Gasteiger partial charge on any atom is -0.393 e. The molecule has 0 aromatic heterocycles. The largest absolute Gasteiger partial charge is 0.393 e. The van der Waals surface area contributed by atoms with Gasteiger partial charge in [-0.1, -0.05) is 23.7 Å². The number of rotatable bonds is 2. The van der Waals surface area contributed by atoms with E-state index in [1.54, 1.807) is 6.92 Å². The summed E-state index contributed by atoms with van der Waals surface area (Å²) in [6.45, 7) is 3.75. The fourth-order valence-electron chi connectivity index (χ4n) is 1.17. The van der Waals surface area contributed by atoms with Crippen LogP contribution in [0, 0.1) is 6.92 Å². The van der Waals surface area contributed by atoms with Crippen LogP contribution >= 0.6 is 11.6 Å². The van der Waals surface area contributed by atoms with E-state index in [0.29, 0.717) is 6.42 Å². The molecule has 1 rings (SSSR count). The highest BCUT2D eigenvalue weighted by atomic mass is 35.5. The fourth-order valence-corrected chi connectivity index (χ4v) is 1.29. The number of aliphatic hydroxyl groups excluding tert-OH is 1. The lowest BCUT2D eigenvalue weighted by Crippen LogP contribution is -2.03. The molecule has 0 fully saturated rings. The normalized spacial score (nSPS) is 13.0. The molecule has 0 saturated carbocycles. The molecule has 0 amide bonds. The van der Waals surface area contributed by atoms with Crippen LogP contribution in [0.25, 0.3) is 0 Å². The Morgan fingerprint density at radius 2 is 2.17 bits per heavy atom. The van der Waals surface area contributed by atoms with E-state index >= 15 is 0 Å². The predicted octanol–water partition coefficient (Wildman–Crippen LogP) is 2.57. The molecule has 1 nitrogen and oxygen atoms in total. The molecule has 0 heterocycles. The molecule has 1 N–H and O–H groups in total. The Bertz CT molecular complexity index is 269. The third-order valence-electron chi connectivity index (χ3n) is 1.75. The summed E-state index contributed by atoms with van der Waals surface area (Å²) in [5.74, 6) is 0. The van der Waals surface area contributed by atoms with E-state index in [9.17, 15) is 0 Å². The quantitative estimate of drug-likeness (QED) is 0.749. The summed E-state index contributed by atoms with van der Waals surface area (Å²) >= 11 is 5.85. The number of benzene rings is 1. The fraction of sp³-hybridized carbons (Fsp3) is 0.400. The van der Waals surface area contributed by atoms with Crippen LogP contribution < -0.4 is 0 Å². The Hall–Kier alpha value is -0.530. The number of aryl methyl sites for hydroxylation is 1. The van der Waals surface area contributed by atoms with Crippen molar-refractivity contribution in [1.82, 2.24) is 0 Å². The lowest BCUT2D eigenvalue weighted by molar-refractivity contribution is 0.195. The van der Waals surface area contributed by atoms with Gasteiger partial charge in [-0.25, -0.2) is 0 Å². The molecule has 1 aromatic rings. The van der Waals surface area contributed by atoms with Crippen molar-refractivity contribution in [3.8, 4) is 0 Å². The number of hydrogen-bond donors (Lipinski definition) is 1. The zero-order chi connectivity index (χ0) is 9.14. The molecule has 0 aliphatic heterocycles. The van der Waals surface area contributed by atoms with Gasteiger partial charge >= 0.3 is 0 Å². The van der Waals surface area contributed by atoms with Crippen molar-refractivity contribution in [2.75, 3.05) is 0 Å². The second kappa shape index (κ2) is 3.92. The van der Waals surface area contributed by atoms with E-state index < -0.39 is 0 Å². The van der Waals surface area contributed by atoms with Crippen molar-refractivity contribution in [2.45, 2.75) is 26.4 Å². The standard InChI is InChI=1S/C10H13ClO/c1-7-5-9(6-8(2)12)3-4-10(7)11/h3-5,8,12H,6H2,1-2H3/t8-/m1/s1. The molecule has 0 unspecified atom stereocenters. The predicted molar refractivity (Wildman–Crippen MR) is 51.6 cm³/mol. The molecule has 0 spiro atoms. The highest BCUT2D eigenvalue weighted by molar-refractivity contribution is 6.31. The van der Waals surface area contributed by atoms with Crippen molar-refractivity contribution in [3.05, 3.63) is 34.3 Å². The molecule has 2 heteroatoms. The molecule has 66 valence electrons. The first kappa shape index (κ1) is 9.56. The lowest BCUT2D eigenvalue weighted by atomic mass is 10.1. The summed E-state index contributed by atoms with van der Waals surface area (Å²) in [6.07, 6.45) is 0.406. The number of hydrogen-bond acceptors (Lipinski definition) is 1. The molecule has 1 aromatic carbocycles. The highest BCUT2D eigenvalue weighted by Crippen LogP contribution is 2.16. The van der Waals surface area contributed by atoms with Gasteiger partial charge in [-0.05, 0) is 37.5 Å². The average Bonchev–Trinajstić information content (AvgIpc) is 1.96. The van der Waals surface area contributed by atoms with E-state index in [2.05, 4.69) is 0 Å². The maximum absolute atomic E-state index is 9.13. The first-order valence-electron chi connectivity index (χ1n) is 4.02. The molecule has 0 saturated heterocycles. The maximum atomic E-state index is 9.13. The zero-order valence-electron chi connectivity index (χ0n) is 7.34. The number of halogens is 1. The van der Waals surface area contributed by atoms with Gasteiger partial charge in [0.1, 0.15) is 0 Å². The molecule has 0 bridgehead atoms. The summed E-state index contributed by atoms with van der Waals surface area (Å²) in [5, 5.41) is 9.91. The maximum Gasteiger partial charge on any atom is 0.0552 e. The number of aliphatic hydroxyl groups is 1. The van der Waals surface area contributed by atoms with Gasteiger partial charge in [0.2, 0.25) is 0 Å². The van der Waals surface area contributed by atoms with Crippen molar-refractivity contribution >= 4 is 11.6 Å².